The number of thioether (sulfide) groups is 2. The van der Waals surface area contributed by atoms with Crippen molar-refractivity contribution in [2.45, 2.75) is 17.6 Å². The summed E-state index contributed by atoms with van der Waals surface area (Å²) in [7, 11) is 0. The highest BCUT2D eigenvalue weighted by atomic mass is 32.2. The highest BCUT2D eigenvalue weighted by Gasteiger charge is 2.48. The molecule has 0 aliphatic carbocycles. The van der Waals surface area contributed by atoms with Crippen molar-refractivity contribution in [3.63, 3.8) is 0 Å². The van der Waals surface area contributed by atoms with Gasteiger partial charge < -0.3 is 5.32 Å². The quantitative estimate of drug-likeness (QED) is 0.795. The summed E-state index contributed by atoms with van der Waals surface area (Å²) in [5.41, 5.74) is 0. The summed E-state index contributed by atoms with van der Waals surface area (Å²) in [5, 5.41) is 1.90. The van der Waals surface area contributed by atoms with Gasteiger partial charge in [-0.2, -0.15) is 32.3 Å². The zero-order valence-corrected chi connectivity index (χ0v) is 9.85. The zero-order chi connectivity index (χ0) is 12.2. The van der Waals surface area contributed by atoms with Gasteiger partial charge in [0.2, 0.25) is 0 Å². The number of hydrogen-bond acceptors (Lipinski definition) is 3. The number of nitrogens with one attached hydrogen (secondary N) is 1. The fraction of sp³-hybridized carbons (Fsp3) is 0.875. The largest absolute Gasteiger partial charge is 0.383 e. The molecule has 1 rings (SSSR count). The van der Waals surface area contributed by atoms with E-state index in [2.05, 4.69) is 0 Å². The molecule has 0 bridgehead atoms. The van der Waals surface area contributed by atoms with Crippen molar-refractivity contribution >= 4 is 29.4 Å². The van der Waals surface area contributed by atoms with E-state index in [-0.39, 0.29) is 11.8 Å². The minimum absolute atomic E-state index is 0.0127. The lowest BCUT2D eigenvalue weighted by atomic mass is 10.3. The summed E-state index contributed by atoms with van der Waals surface area (Å²) in [4.78, 5) is 10.8. The summed E-state index contributed by atoms with van der Waals surface area (Å²) in [5.74, 6) is -3.87. The van der Waals surface area contributed by atoms with Gasteiger partial charge in [-0.15, -0.1) is 0 Å². The lowest BCUT2D eigenvalue weighted by Gasteiger charge is -2.22. The van der Waals surface area contributed by atoms with Crippen molar-refractivity contribution in [3.8, 4) is 0 Å². The molecule has 1 atom stereocenters. The van der Waals surface area contributed by atoms with E-state index in [1.807, 2.05) is 5.32 Å². The Hall–Kier alpha value is -0.110. The summed E-state index contributed by atoms with van der Waals surface area (Å²) in [6.07, 6.45) is -3.96. The van der Waals surface area contributed by atoms with E-state index in [9.17, 15) is 22.4 Å². The minimum atomic E-state index is -4.59. The van der Waals surface area contributed by atoms with Gasteiger partial charge in [0.25, 0.3) is 5.91 Å². The molecular weight excluding hydrogens is 266 g/mol. The average molecular weight is 277 g/mol. The van der Waals surface area contributed by atoms with Crippen LogP contribution in [0.25, 0.3) is 0 Å². The molecule has 1 saturated heterocycles. The Bertz CT molecular complexity index is 246. The van der Waals surface area contributed by atoms with Gasteiger partial charge in [-0.3, -0.25) is 4.79 Å². The van der Waals surface area contributed by atoms with Crippen molar-refractivity contribution in [2.24, 2.45) is 0 Å². The van der Waals surface area contributed by atoms with Crippen LogP contribution in [0.2, 0.25) is 0 Å². The van der Waals surface area contributed by atoms with Crippen LogP contribution in [-0.2, 0) is 4.79 Å². The topological polar surface area (TPSA) is 29.1 Å². The van der Waals surface area contributed by atoms with Gasteiger partial charge in [0.05, 0.1) is 0 Å². The monoisotopic (exact) mass is 277 g/mol. The molecule has 0 aromatic rings. The highest BCUT2D eigenvalue weighted by Crippen LogP contribution is 2.25. The van der Waals surface area contributed by atoms with Crippen molar-refractivity contribution in [3.05, 3.63) is 0 Å². The number of carbonyl (C=O) groups is 1. The van der Waals surface area contributed by atoms with Gasteiger partial charge in [-0.1, -0.05) is 0 Å². The van der Waals surface area contributed by atoms with Crippen molar-refractivity contribution < 1.29 is 22.4 Å². The maximum atomic E-state index is 12.5. The van der Waals surface area contributed by atoms with Gasteiger partial charge in [-0.25, -0.2) is 8.78 Å². The molecule has 1 fully saturated rings. The third-order valence-corrected chi connectivity index (χ3v) is 4.80. The van der Waals surface area contributed by atoms with E-state index < -0.39 is 18.3 Å². The van der Waals surface area contributed by atoms with Crippen LogP contribution < -0.4 is 5.32 Å². The number of halogens is 4. The number of alkyl halides is 4. The van der Waals surface area contributed by atoms with Gasteiger partial charge in [-0.05, 0) is 0 Å². The molecule has 0 aromatic carbocycles. The number of hydrogen-bond donors (Lipinski definition) is 1. The molecular formula is C8H11F4NOS2. The molecule has 2 nitrogen and oxygen atoms in total. The van der Waals surface area contributed by atoms with Gasteiger partial charge in [0, 0.05) is 29.1 Å². The second-order valence-electron chi connectivity index (χ2n) is 3.20. The van der Waals surface area contributed by atoms with Crippen LogP contribution in [0.3, 0.4) is 0 Å². The molecule has 1 N–H and O–H groups in total. The van der Waals surface area contributed by atoms with E-state index in [1.54, 1.807) is 23.5 Å². The maximum absolute atomic E-state index is 12.5. The van der Waals surface area contributed by atoms with E-state index in [4.69, 9.17) is 0 Å². The predicted octanol–water partition coefficient (Wildman–Crippen LogP) is 1.85. The third kappa shape index (κ3) is 3.73. The van der Waals surface area contributed by atoms with E-state index in [0.717, 1.165) is 17.3 Å². The van der Waals surface area contributed by atoms with Crippen LogP contribution in [-0.4, -0.2) is 47.3 Å². The molecule has 0 spiro atoms. The first-order valence-corrected chi connectivity index (χ1v) is 6.78. The molecule has 1 aliphatic rings. The lowest BCUT2D eigenvalue weighted by Crippen LogP contribution is -2.47. The number of carbonyl (C=O) groups excluding carboxylic acids is 1. The van der Waals surface area contributed by atoms with Crippen LogP contribution in [0, 0.1) is 0 Å². The van der Waals surface area contributed by atoms with E-state index in [0.29, 0.717) is 0 Å². The first-order chi connectivity index (χ1) is 7.44. The Morgan fingerprint density at radius 2 is 2.12 bits per heavy atom. The molecule has 94 valence electrons. The molecule has 1 heterocycles. The van der Waals surface area contributed by atoms with Crippen LogP contribution in [0.15, 0.2) is 0 Å². The Labute approximate surface area is 98.9 Å². The summed E-state index contributed by atoms with van der Waals surface area (Å²) < 4.78 is 48.7. The number of rotatable bonds is 4. The van der Waals surface area contributed by atoms with E-state index >= 15 is 0 Å². The van der Waals surface area contributed by atoms with Gasteiger partial charge in [0.1, 0.15) is 0 Å². The second-order valence-corrected chi connectivity index (χ2v) is 5.76. The van der Waals surface area contributed by atoms with Gasteiger partial charge in [0.15, 0.2) is 0 Å². The maximum Gasteiger partial charge on any atom is 0.383 e. The van der Waals surface area contributed by atoms with Crippen LogP contribution in [0.4, 0.5) is 17.6 Å². The Morgan fingerprint density at radius 3 is 2.62 bits per heavy atom. The Balaban J connectivity index is 2.34. The van der Waals surface area contributed by atoms with Crippen LogP contribution in [0.1, 0.15) is 0 Å². The SMILES string of the molecule is O=C(NCC1CSCCS1)C(F)(F)C(F)F. The Kier molecular flexibility index (Phi) is 5.23. The molecule has 0 saturated carbocycles. The predicted molar refractivity (Wildman–Crippen MR) is 57.5 cm³/mol. The van der Waals surface area contributed by atoms with E-state index in [1.165, 1.54) is 0 Å². The van der Waals surface area contributed by atoms with Crippen molar-refractivity contribution in [1.82, 2.24) is 5.32 Å². The smallest absolute Gasteiger partial charge is 0.350 e. The number of amides is 1. The van der Waals surface area contributed by atoms with Crippen molar-refractivity contribution in [2.75, 3.05) is 23.8 Å². The fourth-order valence-electron chi connectivity index (χ4n) is 1.08. The third-order valence-electron chi connectivity index (χ3n) is 1.95. The average Bonchev–Trinajstić information content (AvgIpc) is 2.27. The summed E-state index contributed by atoms with van der Waals surface area (Å²) in [6, 6.07) is 0. The van der Waals surface area contributed by atoms with Crippen LogP contribution >= 0.6 is 23.5 Å². The molecule has 0 radical (unpaired) electrons. The lowest BCUT2D eigenvalue weighted by molar-refractivity contribution is -0.169. The summed E-state index contributed by atoms with van der Waals surface area (Å²) >= 11 is 3.22. The molecule has 16 heavy (non-hydrogen) atoms. The fourth-order valence-corrected chi connectivity index (χ4v) is 3.69. The minimum Gasteiger partial charge on any atom is -0.350 e. The molecule has 1 unspecified atom stereocenters. The normalized spacial score (nSPS) is 22.2. The standard InChI is InChI=1S/C8H11F4NOS2/c9-6(10)8(11,12)7(14)13-3-5-4-15-1-2-16-5/h5-6H,1-4H2,(H,13,14). The first kappa shape index (κ1) is 14.0. The van der Waals surface area contributed by atoms with Crippen LogP contribution in [0.5, 0.6) is 0 Å². The zero-order valence-electron chi connectivity index (χ0n) is 8.22. The highest BCUT2D eigenvalue weighted by molar-refractivity contribution is 8.06. The molecule has 1 aliphatic heterocycles. The Morgan fingerprint density at radius 1 is 1.44 bits per heavy atom. The molecule has 0 aromatic heterocycles. The van der Waals surface area contributed by atoms with Gasteiger partial charge >= 0.3 is 12.3 Å². The first-order valence-electron chi connectivity index (χ1n) is 4.58. The van der Waals surface area contributed by atoms with Crippen molar-refractivity contribution in [1.29, 1.82) is 0 Å². The second kappa shape index (κ2) is 6.00. The summed E-state index contributed by atoms with van der Waals surface area (Å²) in [6.45, 7) is 0.0127. The molecule has 8 heteroatoms. The molecule has 1 amide bonds.